The van der Waals surface area contributed by atoms with Gasteiger partial charge in [-0.05, 0) is 74.6 Å². The lowest BCUT2D eigenvalue weighted by atomic mass is 9.90. The zero-order valence-electron chi connectivity index (χ0n) is 24.3. The lowest BCUT2D eigenvalue weighted by Crippen LogP contribution is -1.96. The smallest absolute Gasteiger partial charge is 0.160 e. The second-order valence-electron chi connectivity index (χ2n) is 11.4. The van der Waals surface area contributed by atoms with E-state index in [0.717, 1.165) is 55.4 Å². The molecule has 0 spiro atoms. The van der Waals surface area contributed by atoms with Gasteiger partial charge in [0, 0.05) is 40.0 Å². The Kier molecular flexibility index (Phi) is 5.78. The number of aromatic amines is 1. The fourth-order valence-electron chi connectivity index (χ4n) is 6.55. The molecule has 0 atom stereocenters. The summed E-state index contributed by atoms with van der Waals surface area (Å²) >= 11 is 0. The second kappa shape index (κ2) is 10.2. The third-order valence-electron chi connectivity index (χ3n) is 8.66. The van der Waals surface area contributed by atoms with E-state index in [1.54, 1.807) is 0 Å². The van der Waals surface area contributed by atoms with E-state index in [2.05, 4.69) is 131 Å². The summed E-state index contributed by atoms with van der Waals surface area (Å²) in [5.74, 6) is 0.684. The minimum absolute atomic E-state index is 0.684. The van der Waals surface area contributed by atoms with Gasteiger partial charge >= 0.3 is 0 Å². The van der Waals surface area contributed by atoms with Gasteiger partial charge in [-0.1, -0.05) is 103 Å². The van der Waals surface area contributed by atoms with Crippen molar-refractivity contribution in [2.75, 3.05) is 0 Å². The number of nitrogens with zero attached hydrogens (tertiary/aromatic N) is 3. The predicted octanol–water partition coefficient (Wildman–Crippen LogP) is 10.5. The summed E-state index contributed by atoms with van der Waals surface area (Å²) in [4.78, 5) is 18.5. The van der Waals surface area contributed by atoms with Gasteiger partial charge in [0.25, 0.3) is 0 Å². The number of para-hydroxylation sites is 1. The Labute approximate surface area is 259 Å². The molecule has 0 unspecified atom stereocenters. The summed E-state index contributed by atoms with van der Waals surface area (Å²) < 4.78 is 0. The monoisotopic (exact) mass is 574 g/mol. The van der Waals surface area contributed by atoms with E-state index in [1.807, 2.05) is 30.6 Å². The number of hydrogen-bond donors (Lipinski definition) is 1. The first kappa shape index (κ1) is 25.4. The zero-order chi connectivity index (χ0) is 29.7. The Bertz CT molecular complexity index is 2530. The first-order valence-electron chi connectivity index (χ1n) is 15.1. The van der Waals surface area contributed by atoms with Crippen molar-refractivity contribution in [2.24, 2.45) is 0 Å². The highest BCUT2D eigenvalue weighted by Gasteiger charge is 2.18. The Hall–Kier alpha value is -6.13. The van der Waals surface area contributed by atoms with E-state index >= 15 is 0 Å². The summed E-state index contributed by atoms with van der Waals surface area (Å²) in [5, 5.41) is 5.99. The van der Waals surface area contributed by atoms with Crippen LogP contribution in [-0.4, -0.2) is 19.9 Å². The second-order valence-corrected chi connectivity index (χ2v) is 11.4. The van der Waals surface area contributed by atoms with Crippen molar-refractivity contribution in [3.63, 3.8) is 0 Å². The van der Waals surface area contributed by atoms with E-state index in [1.165, 1.54) is 27.1 Å². The van der Waals surface area contributed by atoms with Gasteiger partial charge in [-0.25, -0.2) is 9.97 Å². The molecule has 4 nitrogen and oxygen atoms in total. The summed E-state index contributed by atoms with van der Waals surface area (Å²) in [6, 6.07) is 49.0. The highest BCUT2D eigenvalue weighted by Crippen LogP contribution is 2.39. The molecule has 0 aliphatic carbocycles. The van der Waals surface area contributed by atoms with Crippen molar-refractivity contribution in [3.8, 4) is 44.9 Å². The van der Waals surface area contributed by atoms with Crippen LogP contribution in [0.4, 0.5) is 0 Å². The predicted molar refractivity (Wildman–Crippen MR) is 186 cm³/mol. The van der Waals surface area contributed by atoms with Crippen LogP contribution in [0.15, 0.2) is 152 Å². The van der Waals surface area contributed by atoms with Crippen molar-refractivity contribution < 1.29 is 0 Å². The minimum Gasteiger partial charge on any atom is -0.351 e. The Morgan fingerprint density at radius 2 is 1.16 bits per heavy atom. The normalized spacial score (nSPS) is 11.6. The van der Waals surface area contributed by atoms with Crippen LogP contribution in [-0.2, 0) is 0 Å². The Morgan fingerprint density at radius 3 is 2.00 bits per heavy atom. The average molecular weight is 575 g/mol. The van der Waals surface area contributed by atoms with Crippen LogP contribution in [0.25, 0.3) is 88.4 Å². The quantitative estimate of drug-likeness (QED) is 0.213. The number of nitrogens with one attached hydrogen (secondary N) is 1. The van der Waals surface area contributed by atoms with Crippen molar-refractivity contribution in [3.05, 3.63) is 152 Å². The van der Waals surface area contributed by atoms with Gasteiger partial charge in [-0.2, -0.15) is 0 Å². The number of fused-ring (bicyclic) bond motifs is 6. The lowest BCUT2D eigenvalue weighted by molar-refractivity contribution is 1.23. The van der Waals surface area contributed by atoms with Crippen LogP contribution in [0.2, 0.25) is 0 Å². The lowest BCUT2D eigenvalue weighted by Gasteiger charge is -2.15. The molecule has 6 aromatic carbocycles. The summed E-state index contributed by atoms with van der Waals surface area (Å²) in [7, 11) is 0. The maximum Gasteiger partial charge on any atom is 0.160 e. The average Bonchev–Trinajstić information content (AvgIpc) is 3.50. The van der Waals surface area contributed by atoms with Crippen LogP contribution in [0, 0.1) is 0 Å². The van der Waals surface area contributed by atoms with Gasteiger partial charge in [-0.15, -0.1) is 0 Å². The first-order chi connectivity index (χ1) is 22.3. The molecule has 0 fully saturated rings. The van der Waals surface area contributed by atoms with Gasteiger partial charge in [0.05, 0.1) is 11.2 Å². The van der Waals surface area contributed by atoms with Gasteiger partial charge in [0.1, 0.15) is 5.52 Å². The van der Waals surface area contributed by atoms with Gasteiger partial charge in [0.2, 0.25) is 0 Å². The van der Waals surface area contributed by atoms with Crippen molar-refractivity contribution >= 4 is 43.5 Å². The molecule has 4 heteroatoms. The van der Waals surface area contributed by atoms with Crippen LogP contribution < -0.4 is 0 Å². The van der Waals surface area contributed by atoms with Gasteiger partial charge in [0.15, 0.2) is 5.82 Å². The molecule has 1 N–H and O–H groups in total. The summed E-state index contributed by atoms with van der Waals surface area (Å²) in [5.41, 5.74) is 10.2. The van der Waals surface area contributed by atoms with Gasteiger partial charge < -0.3 is 4.98 Å². The highest BCUT2D eigenvalue weighted by atomic mass is 14.9. The first-order valence-corrected chi connectivity index (χ1v) is 15.1. The van der Waals surface area contributed by atoms with Crippen LogP contribution >= 0.6 is 0 Å². The Balaban J connectivity index is 1.36. The maximum atomic E-state index is 5.26. The molecule has 0 saturated heterocycles. The number of hydrogen-bond acceptors (Lipinski definition) is 3. The van der Waals surface area contributed by atoms with Crippen molar-refractivity contribution in [1.29, 1.82) is 0 Å². The van der Waals surface area contributed by atoms with Crippen molar-refractivity contribution in [2.45, 2.75) is 0 Å². The minimum atomic E-state index is 0.684. The number of benzene rings is 6. The molecule has 9 aromatic rings. The topological polar surface area (TPSA) is 54.5 Å². The molecule has 210 valence electrons. The third-order valence-corrected chi connectivity index (χ3v) is 8.66. The van der Waals surface area contributed by atoms with Crippen LogP contribution in [0.3, 0.4) is 0 Å². The van der Waals surface area contributed by atoms with E-state index in [9.17, 15) is 0 Å². The SMILES string of the molecule is c1ccc(-c2nc(-c3cc(-c4cccnc4)cc(-c4cc5ccccc5c5ccccc45)c3)nc3c2[nH]c2ccccc23)cc1. The number of pyridine rings is 1. The molecule has 9 rings (SSSR count). The number of H-pyrrole nitrogens is 1. The molecule has 0 radical (unpaired) electrons. The standard InChI is InChI=1S/C41H26N4/c1-2-11-26(12-3-1)38-40-39(35-18-8-9-19-37(35)43-40)45-41(44-38)31-22-29(28-14-10-20-42-25-28)21-30(23-31)36-24-27-13-4-5-15-32(27)33-16-6-7-17-34(33)36/h1-25,43H. The van der Waals surface area contributed by atoms with Crippen LogP contribution in [0.5, 0.6) is 0 Å². The third kappa shape index (κ3) is 4.27. The Morgan fingerprint density at radius 1 is 0.467 bits per heavy atom. The molecule has 3 aromatic heterocycles. The summed E-state index contributed by atoms with van der Waals surface area (Å²) in [6.07, 6.45) is 3.73. The van der Waals surface area contributed by atoms with Gasteiger partial charge in [-0.3, -0.25) is 4.98 Å². The molecule has 0 aliphatic rings. The zero-order valence-corrected chi connectivity index (χ0v) is 24.3. The summed E-state index contributed by atoms with van der Waals surface area (Å²) in [6.45, 7) is 0. The largest absolute Gasteiger partial charge is 0.351 e. The van der Waals surface area contributed by atoms with E-state index in [4.69, 9.17) is 9.97 Å². The molecule has 45 heavy (non-hydrogen) atoms. The number of rotatable bonds is 4. The fraction of sp³-hybridized carbons (Fsp3) is 0. The fourth-order valence-corrected chi connectivity index (χ4v) is 6.55. The van der Waals surface area contributed by atoms with E-state index < -0.39 is 0 Å². The van der Waals surface area contributed by atoms with Crippen molar-refractivity contribution in [1.82, 2.24) is 19.9 Å². The molecule has 0 amide bonds. The molecule has 0 aliphatic heterocycles. The molecular formula is C41H26N4. The molecular weight excluding hydrogens is 548 g/mol. The number of aromatic nitrogens is 4. The molecule has 3 heterocycles. The molecule has 0 bridgehead atoms. The maximum absolute atomic E-state index is 5.26. The highest BCUT2D eigenvalue weighted by molar-refractivity contribution is 6.14. The van der Waals surface area contributed by atoms with E-state index in [0.29, 0.717) is 5.82 Å². The van der Waals surface area contributed by atoms with Crippen LogP contribution in [0.1, 0.15) is 0 Å². The molecule has 0 saturated carbocycles. The van der Waals surface area contributed by atoms with E-state index in [-0.39, 0.29) is 0 Å².